The molecule has 1 heterocycles. The molecule has 1 aromatic heterocycles. The molecule has 0 atom stereocenters. The van der Waals surface area contributed by atoms with E-state index in [9.17, 15) is 0 Å². The SMILES string of the molecule is Bc1cc(C)sc1Cl. The molecule has 1 aromatic rings. The largest absolute Gasteiger partial charge is 0.142 e. The highest BCUT2D eigenvalue weighted by molar-refractivity contribution is 7.17. The molecule has 0 fully saturated rings. The van der Waals surface area contributed by atoms with E-state index in [1.54, 1.807) is 11.3 Å². The van der Waals surface area contributed by atoms with Gasteiger partial charge in [-0.3, -0.25) is 0 Å². The maximum absolute atomic E-state index is 5.75. The maximum atomic E-state index is 5.75. The molecular weight excluding hydrogens is 138 g/mol. The second-order valence-corrected chi connectivity index (χ2v) is 3.67. The van der Waals surface area contributed by atoms with E-state index in [1.165, 1.54) is 10.3 Å². The minimum Gasteiger partial charge on any atom is -0.129 e. The van der Waals surface area contributed by atoms with Gasteiger partial charge in [0.25, 0.3) is 0 Å². The maximum Gasteiger partial charge on any atom is 0.142 e. The Kier molecular flexibility index (Phi) is 1.63. The van der Waals surface area contributed by atoms with Crippen LogP contribution < -0.4 is 5.46 Å². The van der Waals surface area contributed by atoms with Gasteiger partial charge in [0.05, 0.1) is 4.34 Å². The first kappa shape index (κ1) is 6.18. The van der Waals surface area contributed by atoms with Crippen LogP contribution in [-0.2, 0) is 0 Å². The highest BCUT2D eigenvalue weighted by Crippen LogP contribution is 2.16. The van der Waals surface area contributed by atoms with Gasteiger partial charge in [0, 0.05) is 4.88 Å². The van der Waals surface area contributed by atoms with Crippen molar-refractivity contribution in [3.8, 4) is 0 Å². The Morgan fingerprint density at radius 3 is 2.50 bits per heavy atom. The van der Waals surface area contributed by atoms with Crippen LogP contribution in [0.15, 0.2) is 6.07 Å². The summed E-state index contributed by atoms with van der Waals surface area (Å²) in [6.45, 7) is 2.06. The zero-order valence-corrected chi connectivity index (χ0v) is 6.44. The van der Waals surface area contributed by atoms with Crippen LogP contribution >= 0.6 is 22.9 Å². The van der Waals surface area contributed by atoms with Crippen molar-refractivity contribution in [1.82, 2.24) is 0 Å². The minimum absolute atomic E-state index is 0.919. The lowest BCUT2D eigenvalue weighted by Gasteiger charge is -1.76. The molecule has 0 saturated heterocycles. The van der Waals surface area contributed by atoms with Crippen LogP contribution in [-0.4, -0.2) is 7.85 Å². The van der Waals surface area contributed by atoms with Crippen LogP contribution in [0.5, 0.6) is 0 Å². The van der Waals surface area contributed by atoms with Crippen molar-refractivity contribution in [2.24, 2.45) is 0 Å². The number of rotatable bonds is 0. The summed E-state index contributed by atoms with van der Waals surface area (Å²) in [4.78, 5) is 1.28. The Morgan fingerprint density at radius 1 is 1.75 bits per heavy atom. The van der Waals surface area contributed by atoms with Crippen LogP contribution in [0.25, 0.3) is 0 Å². The lowest BCUT2D eigenvalue weighted by Crippen LogP contribution is -1.95. The number of aryl methyl sites for hydroxylation is 1. The Morgan fingerprint density at radius 2 is 2.38 bits per heavy atom. The fraction of sp³-hybridized carbons (Fsp3) is 0.200. The molecule has 0 aliphatic heterocycles. The molecule has 3 heteroatoms. The molecule has 0 bridgehead atoms. The van der Waals surface area contributed by atoms with Gasteiger partial charge in [0.1, 0.15) is 7.85 Å². The highest BCUT2D eigenvalue weighted by atomic mass is 35.5. The molecule has 0 N–H and O–H groups in total. The van der Waals surface area contributed by atoms with E-state index in [1.807, 2.05) is 7.85 Å². The van der Waals surface area contributed by atoms with Gasteiger partial charge in [-0.05, 0) is 6.92 Å². The van der Waals surface area contributed by atoms with E-state index in [2.05, 4.69) is 13.0 Å². The van der Waals surface area contributed by atoms with E-state index in [-0.39, 0.29) is 0 Å². The molecular formula is C5H6BClS. The monoisotopic (exact) mass is 144 g/mol. The summed E-state index contributed by atoms with van der Waals surface area (Å²) >= 11 is 7.38. The minimum atomic E-state index is 0.919. The average molecular weight is 144 g/mol. The number of halogens is 1. The standard InChI is InChI=1S/C5H6BClS/c1-3-2-4(6)5(7)8-3/h2H,6H2,1H3. The summed E-state index contributed by atoms with van der Waals surface area (Å²) in [7, 11) is 2.02. The van der Waals surface area contributed by atoms with E-state index in [0.717, 1.165) is 4.34 Å². The predicted molar refractivity (Wildman–Crippen MR) is 42.2 cm³/mol. The third-order valence-electron chi connectivity index (χ3n) is 0.980. The second-order valence-electron chi connectivity index (χ2n) is 1.81. The highest BCUT2D eigenvalue weighted by Gasteiger charge is 1.95. The van der Waals surface area contributed by atoms with Gasteiger partial charge in [0.2, 0.25) is 0 Å². The normalized spacial score (nSPS) is 9.75. The van der Waals surface area contributed by atoms with E-state index in [4.69, 9.17) is 11.6 Å². The van der Waals surface area contributed by atoms with Crippen molar-refractivity contribution in [3.05, 3.63) is 15.3 Å². The molecule has 42 valence electrons. The van der Waals surface area contributed by atoms with Crippen molar-refractivity contribution >= 4 is 36.2 Å². The molecule has 0 nitrogen and oxygen atoms in total. The average Bonchev–Trinajstić information content (AvgIpc) is 1.85. The number of thiophene rings is 1. The Hall–Kier alpha value is 0.0549. The van der Waals surface area contributed by atoms with Gasteiger partial charge >= 0.3 is 0 Å². The molecule has 0 aliphatic carbocycles. The quantitative estimate of drug-likeness (QED) is 0.476. The second kappa shape index (κ2) is 2.12. The molecule has 8 heavy (non-hydrogen) atoms. The fourth-order valence-corrected chi connectivity index (χ4v) is 1.77. The van der Waals surface area contributed by atoms with Crippen LogP contribution in [0.3, 0.4) is 0 Å². The molecule has 1 rings (SSSR count). The van der Waals surface area contributed by atoms with Crippen LogP contribution in [0, 0.1) is 6.92 Å². The van der Waals surface area contributed by atoms with Gasteiger partial charge < -0.3 is 0 Å². The van der Waals surface area contributed by atoms with Crippen LogP contribution in [0.2, 0.25) is 4.34 Å². The van der Waals surface area contributed by atoms with Crippen molar-refractivity contribution in [2.75, 3.05) is 0 Å². The third kappa shape index (κ3) is 1.06. The summed E-state index contributed by atoms with van der Waals surface area (Å²) in [5.74, 6) is 0. The summed E-state index contributed by atoms with van der Waals surface area (Å²) in [5, 5.41) is 0. The lowest BCUT2D eigenvalue weighted by molar-refractivity contribution is 1.66. The summed E-state index contributed by atoms with van der Waals surface area (Å²) < 4.78 is 0.919. The summed E-state index contributed by atoms with van der Waals surface area (Å²) in [5.41, 5.74) is 1.19. The van der Waals surface area contributed by atoms with Gasteiger partial charge in [0.15, 0.2) is 0 Å². The summed E-state index contributed by atoms with van der Waals surface area (Å²) in [6.07, 6.45) is 0. The molecule has 0 radical (unpaired) electrons. The van der Waals surface area contributed by atoms with Crippen molar-refractivity contribution in [1.29, 1.82) is 0 Å². The molecule has 0 aromatic carbocycles. The molecule has 0 aliphatic rings. The van der Waals surface area contributed by atoms with Crippen molar-refractivity contribution in [3.63, 3.8) is 0 Å². The van der Waals surface area contributed by atoms with Crippen molar-refractivity contribution in [2.45, 2.75) is 6.92 Å². The van der Waals surface area contributed by atoms with Gasteiger partial charge in [-0.1, -0.05) is 23.1 Å². The third-order valence-corrected chi connectivity index (χ3v) is 2.45. The number of hydrogen-bond donors (Lipinski definition) is 0. The van der Waals surface area contributed by atoms with Crippen LogP contribution in [0.1, 0.15) is 4.88 Å². The van der Waals surface area contributed by atoms with Gasteiger partial charge in [-0.2, -0.15) is 0 Å². The molecule has 0 saturated carbocycles. The zero-order chi connectivity index (χ0) is 6.15. The molecule has 0 unspecified atom stereocenters. The van der Waals surface area contributed by atoms with Crippen LogP contribution in [0.4, 0.5) is 0 Å². The predicted octanol–water partition coefficient (Wildman–Crippen LogP) is 0.968. The smallest absolute Gasteiger partial charge is 0.129 e. The van der Waals surface area contributed by atoms with Gasteiger partial charge in [-0.15, -0.1) is 11.3 Å². The number of hydrogen-bond acceptors (Lipinski definition) is 1. The van der Waals surface area contributed by atoms with Gasteiger partial charge in [-0.25, -0.2) is 0 Å². The van der Waals surface area contributed by atoms with Crippen molar-refractivity contribution < 1.29 is 0 Å². The first-order valence-electron chi connectivity index (χ1n) is 2.42. The molecule has 0 spiro atoms. The molecule has 0 amide bonds. The summed E-state index contributed by atoms with van der Waals surface area (Å²) in [6, 6.07) is 2.09. The Labute approximate surface area is 58.9 Å². The Bertz CT molecular complexity index is 175. The first-order chi connectivity index (χ1) is 3.70. The Balaban J connectivity index is 3.14. The zero-order valence-electron chi connectivity index (χ0n) is 4.86. The first-order valence-corrected chi connectivity index (χ1v) is 3.62. The van der Waals surface area contributed by atoms with E-state index >= 15 is 0 Å². The van der Waals surface area contributed by atoms with E-state index < -0.39 is 0 Å². The topological polar surface area (TPSA) is 0 Å². The fourth-order valence-electron chi connectivity index (χ4n) is 0.613. The lowest BCUT2D eigenvalue weighted by atomic mass is 10.0. The van der Waals surface area contributed by atoms with E-state index in [0.29, 0.717) is 0 Å².